The fraction of sp³-hybridized carbons (Fsp3) is 0.889. The molecule has 0 amide bonds. The lowest BCUT2D eigenvalue weighted by Gasteiger charge is -2.01. The minimum atomic E-state index is -3.83. The molecule has 0 bridgehead atoms. The summed E-state index contributed by atoms with van der Waals surface area (Å²) in [6.07, 6.45) is -14.6. The summed E-state index contributed by atoms with van der Waals surface area (Å²) < 4.78 is 85.3. The van der Waals surface area contributed by atoms with Gasteiger partial charge in [-0.3, -0.25) is 4.79 Å². The van der Waals surface area contributed by atoms with Crippen molar-refractivity contribution in [3.8, 4) is 0 Å². The van der Waals surface area contributed by atoms with E-state index in [0.717, 1.165) is 0 Å². The highest BCUT2D eigenvalue weighted by atomic mass is 16.5. The molecular formula is C9H18O2. The summed E-state index contributed by atoms with van der Waals surface area (Å²) in [7, 11) is 0. The first-order valence-corrected chi connectivity index (χ1v) is 3.15. The topological polar surface area (TPSA) is 26.3 Å². The summed E-state index contributed by atoms with van der Waals surface area (Å²) in [6.45, 7) is -2.19. The van der Waals surface area contributed by atoms with Crippen LogP contribution in [-0.2, 0) is 9.53 Å². The zero-order chi connectivity index (χ0) is 18.2. The van der Waals surface area contributed by atoms with Gasteiger partial charge in [-0.2, -0.15) is 0 Å². The van der Waals surface area contributed by atoms with Crippen molar-refractivity contribution >= 4 is 5.97 Å². The minimum Gasteiger partial charge on any atom is -0.466 e. The van der Waals surface area contributed by atoms with Gasteiger partial charge in [0.1, 0.15) is 0 Å². The Morgan fingerprint density at radius 2 is 2.45 bits per heavy atom. The molecule has 0 atom stereocenters. The SMILES string of the molecule is [2H]C([2H])([2H])C([2H])([2H])C([2H])([2H])C([2H])([2H])C([2H])([2H])C(=O)OCCC. The summed E-state index contributed by atoms with van der Waals surface area (Å²) >= 11 is 0. The molecule has 0 N–H and O–H groups in total. The Bertz CT molecular complexity index is 412. The molecule has 0 aromatic rings. The van der Waals surface area contributed by atoms with E-state index in [4.69, 9.17) is 15.1 Å². The van der Waals surface area contributed by atoms with Crippen molar-refractivity contribution in [3.63, 3.8) is 0 Å². The normalized spacial score (nSPS) is 30.8. The van der Waals surface area contributed by atoms with Crippen molar-refractivity contribution in [2.45, 2.75) is 45.7 Å². The first-order chi connectivity index (χ1) is 9.48. The lowest BCUT2D eigenvalue weighted by atomic mass is 10.2. The van der Waals surface area contributed by atoms with Crippen molar-refractivity contribution in [2.75, 3.05) is 6.61 Å². The molecule has 0 aliphatic rings. The fourth-order valence-electron chi connectivity index (χ4n) is 0.344. The van der Waals surface area contributed by atoms with Gasteiger partial charge >= 0.3 is 5.97 Å². The van der Waals surface area contributed by atoms with E-state index in [-0.39, 0.29) is 6.61 Å². The standard InChI is InChI=1S/C9H18O2/c1-3-5-6-7-9(10)11-8-4-2/h3-8H2,1-2H3/i1D3,3D2,5D2,6D2,7D2. The van der Waals surface area contributed by atoms with E-state index in [1.165, 1.54) is 0 Å². The third kappa shape index (κ3) is 7.37. The van der Waals surface area contributed by atoms with Gasteiger partial charge in [-0.25, -0.2) is 0 Å². The highest BCUT2D eigenvalue weighted by Crippen LogP contribution is 2.00. The Kier molecular flexibility index (Phi) is 1.54. The number of esters is 1. The number of rotatable bonds is 6. The van der Waals surface area contributed by atoms with Crippen LogP contribution in [0.5, 0.6) is 0 Å². The van der Waals surface area contributed by atoms with Gasteiger partial charge in [0.2, 0.25) is 0 Å². The lowest BCUT2D eigenvalue weighted by molar-refractivity contribution is -0.143. The average Bonchev–Trinajstić information content (AvgIpc) is 2.33. The first-order valence-electron chi connectivity index (χ1n) is 8.65. The van der Waals surface area contributed by atoms with Crippen LogP contribution in [0.3, 0.4) is 0 Å². The van der Waals surface area contributed by atoms with Crippen LogP contribution in [0.1, 0.15) is 60.8 Å². The molecule has 66 valence electrons. The monoisotopic (exact) mass is 169 g/mol. The lowest BCUT2D eigenvalue weighted by Crippen LogP contribution is -2.04. The third-order valence-corrected chi connectivity index (χ3v) is 0.727. The summed E-state index contributed by atoms with van der Waals surface area (Å²) in [5.41, 5.74) is 0. The zero-order valence-corrected chi connectivity index (χ0v) is 6.23. The summed E-state index contributed by atoms with van der Waals surface area (Å²) in [5.74, 6) is -1.72. The molecule has 0 saturated heterocycles. The van der Waals surface area contributed by atoms with Gasteiger partial charge in [-0.1, -0.05) is 26.5 Å². The molecule has 0 unspecified atom stereocenters. The fourth-order valence-corrected chi connectivity index (χ4v) is 0.344. The Balaban J connectivity index is 5.84. The molecule has 11 heavy (non-hydrogen) atoms. The van der Waals surface area contributed by atoms with Gasteiger partial charge in [-0.05, 0) is 12.8 Å². The van der Waals surface area contributed by atoms with Gasteiger partial charge in [-0.15, -0.1) is 0 Å². The van der Waals surface area contributed by atoms with Gasteiger partial charge in [0.05, 0.1) is 6.61 Å². The van der Waals surface area contributed by atoms with Crippen LogP contribution in [0.25, 0.3) is 0 Å². The molecule has 0 fully saturated rings. The van der Waals surface area contributed by atoms with E-state index >= 15 is 0 Å². The van der Waals surface area contributed by atoms with Gasteiger partial charge < -0.3 is 4.74 Å². The van der Waals surface area contributed by atoms with E-state index in [1.54, 1.807) is 6.92 Å². The molecule has 0 aromatic heterocycles. The molecule has 0 aliphatic heterocycles. The second-order valence-corrected chi connectivity index (χ2v) is 1.64. The third-order valence-electron chi connectivity index (χ3n) is 0.727. The summed E-state index contributed by atoms with van der Waals surface area (Å²) in [4.78, 5) is 11.6. The first kappa shape index (κ1) is 2.24. The summed E-state index contributed by atoms with van der Waals surface area (Å²) in [6, 6.07) is 0. The molecule has 0 heterocycles. The second kappa shape index (κ2) is 7.58. The minimum absolute atomic E-state index is 0.233. The van der Waals surface area contributed by atoms with Crippen molar-refractivity contribution in [2.24, 2.45) is 0 Å². The van der Waals surface area contributed by atoms with Gasteiger partial charge in [0, 0.05) is 21.5 Å². The highest BCUT2D eigenvalue weighted by Gasteiger charge is 1.99. The van der Waals surface area contributed by atoms with Crippen LogP contribution < -0.4 is 0 Å². The van der Waals surface area contributed by atoms with Crippen LogP contribution in [0.2, 0.25) is 0 Å². The maximum absolute atomic E-state index is 11.6. The molecule has 0 aromatic carbocycles. The number of ether oxygens (including phenoxy) is 1. The predicted octanol–water partition coefficient (Wildman–Crippen LogP) is 2.52. The van der Waals surface area contributed by atoms with Crippen molar-refractivity contribution in [1.82, 2.24) is 0 Å². The predicted molar refractivity (Wildman–Crippen MR) is 45.4 cm³/mol. The highest BCUT2D eigenvalue weighted by molar-refractivity contribution is 5.69. The largest absolute Gasteiger partial charge is 0.466 e. The maximum atomic E-state index is 11.6. The van der Waals surface area contributed by atoms with E-state index in [2.05, 4.69) is 4.74 Å². The number of hydrogen-bond acceptors (Lipinski definition) is 2. The quantitative estimate of drug-likeness (QED) is 0.571. The Hall–Kier alpha value is -0.530. The maximum Gasteiger partial charge on any atom is 0.305 e. The van der Waals surface area contributed by atoms with Crippen molar-refractivity contribution in [3.05, 3.63) is 0 Å². The average molecular weight is 169 g/mol. The molecular weight excluding hydrogens is 140 g/mol. The molecule has 0 radical (unpaired) electrons. The van der Waals surface area contributed by atoms with Crippen LogP contribution in [0.15, 0.2) is 0 Å². The van der Waals surface area contributed by atoms with Crippen molar-refractivity contribution < 1.29 is 24.6 Å². The molecule has 0 aliphatic carbocycles. The number of carbonyl (C=O) groups is 1. The van der Waals surface area contributed by atoms with Crippen LogP contribution in [-0.4, -0.2) is 12.6 Å². The van der Waals surface area contributed by atoms with E-state index in [1.807, 2.05) is 0 Å². The number of carbonyl (C=O) groups excluding carboxylic acids is 1. The molecule has 0 spiro atoms. The van der Waals surface area contributed by atoms with Gasteiger partial charge in [0.25, 0.3) is 0 Å². The molecule has 2 nitrogen and oxygen atoms in total. The Morgan fingerprint density at radius 1 is 1.64 bits per heavy atom. The Labute approximate surface area is 84.4 Å². The van der Waals surface area contributed by atoms with Crippen LogP contribution in [0, 0.1) is 0 Å². The van der Waals surface area contributed by atoms with E-state index < -0.39 is 38.3 Å². The van der Waals surface area contributed by atoms with Gasteiger partial charge in [0.15, 0.2) is 0 Å². The number of hydrogen-bond donors (Lipinski definition) is 0. The zero-order valence-electron chi connectivity index (χ0n) is 17.2. The van der Waals surface area contributed by atoms with E-state index in [9.17, 15) is 4.79 Å². The van der Waals surface area contributed by atoms with E-state index in [0.29, 0.717) is 6.42 Å². The smallest absolute Gasteiger partial charge is 0.305 e. The van der Waals surface area contributed by atoms with Crippen LogP contribution in [0.4, 0.5) is 0 Å². The molecule has 2 heteroatoms. The molecule has 0 saturated carbocycles. The van der Waals surface area contributed by atoms with Crippen molar-refractivity contribution in [1.29, 1.82) is 0 Å². The Morgan fingerprint density at radius 3 is 3.09 bits per heavy atom. The summed E-state index contributed by atoms with van der Waals surface area (Å²) in [5, 5.41) is 0. The molecule has 0 rings (SSSR count). The van der Waals surface area contributed by atoms with Crippen LogP contribution >= 0.6 is 0 Å². The second-order valence-electron chi connectivity index (χ2n) is 1.64.